The van der Waals surface area contributed by atoms with Crippen molar-refractivity contribution in [3.05, 3.63) is 0 Å². The predicted octanol–water partition coefficient (Wildman–Crippen LogP) is 1.62. The van der Waals surface area contributed by atoms with E-state index in [0.717, 1.165) is 0 Å². The lowest BCUT2D eigenvalue weighted by Gasteiger charge is -1.94. The van der Waals surface area contributed by atoms with Gasteiger partial charge in [-0.15, -0.1) is 0 Å². The van der Waals surface area contributed by atoms with E-state index in [0.29, 0.717) is 12.8 Å². The number of hydrogen-bond acceptors (Lipinski definition) is 4. The van der Waals surface area contributed by atoms with E-state index in [4.69, 9.17) is 0 Å². The van der Waals surface area contributed by atoms with Crippen LogP contribution in [0, 0.1) is 0 Å². The Hall–Kier alpha value is -0.720. The summed E-state index contributed by atoms with van der Waals surface area (Å²) in [7, 11) is -2.60. The molecule has 0 aliphatic heterocycles. The van der Waals surface area contributed by atoms with Crippen molar-refractivity contribution in [1.29, 1.82) is 0 Å². The normalized spacial score (nSPS) is 11.7. The maximum Gasteiger partial charge on any atom is 0.341 e. The van der Waals surface area contributed by atoms with Crippen LogP contribution in [-0.4, -0.2) is 11.9 Å². The second-order valence-corrected chi connectivity index (χ2v) is 2.94. The highest BCUT2D eigenvalue weighted by Gasteiger charge is 2.10. The Kier molecular flexibility index (Phi) is 4.73. The lowest BCUT2D eigenvalue weighted by Crippen LogP contribution is -1.92. The first kappa shape index (κ1) is 9.28. The molecule has 0 rings (SSSR count). The molecular formula is C5H8NO3P. The Labute approximate surface area is 59.2 Å². The summed E-state index contributed by atoms with van der Waals surface area (Å²) in [6.07, 6.45) is 2.32. The molecule has 0 bridgehead atoms. The third-order valence-electron chi connectivity index (χ3n) is 0.992. The summed E-state index contributed by atoms with van der Waals surface area (Å²) in [4.78, 5) is 12.7. The molecule has 0 fully saturated rings. The second kappa shape index (κ2) is 5.10. The molecule has 0 aliphatic carbocycles. The van der Waals surface area contributed by atoms with Crippen molar-refractivity contribution in [2.45, 2.75) is 25.5 Å². The predicted molar refractivity (Wildman–Crippen MR) is 35.1 cm³/mol. The molecule has 0 aliphatic rings. The Morgan fingerprint density at radius 3 is 2.50 bits per heavy atom. The lowest BCUT2D eigenvalue weighted by atomic mass is 10.3. The van der Waals surface area contributed by atoms with Gasteiger partial charge in [-0.1, -0.05) is 13.3 Å². The average molecular weight is 161 g/mol. The van der Waals surface area contributed by atoms with Gasteiger partial charge in [0.05, 0.1) is 0 Å². The molecule has 4 nitrogen and oxygen atoms in total. The third-order valence-corrected chi connectivity index (χ3v) is 1.85. The number of isocyanates is 1. The fourth-order valence-electron chi connectivity index (χ4n) is 0.536. The zero-order valence-electron chi connectivity index (χ0n) is 5.61. The average Bonchev–Trinajstić information content (AvgIpc) is 1.87. The Morgan fingerprint density at radius 2 is 2.20 bits per heavy atom. The van der Waals surface area contributed by atoms with Gasteiger partial charge in [0, 0.05) is 0 Å². The number of nitrogens with zero attached hydrogens (tertiary/aromatic N) is 1. The smallest absolute Gasteiger partial charge is 0.235 e. The Bertz CT molecular complexity index is 197. The van der Waals surface area contributed by atoms with Crippen LogP contribution in [0.3, 0.4) is 0 Å². The first-order chi connectivity index (χ1) is 4.72. The quantitative estimate of drug-likeness (QED) is 0.357. The minimum Gasteiger partial charge on any atom is -0.235 e. The van der Waals surface area contributed by atoms with Crippen molar-refractivity contribution in [2.75, 3.05) is 0 Å². The van der Waals surface area contributed by atoms with Gasteiger partial charge in [0.25, 0.3) is 0 Å². The van der Waals surface area contributed by atoms with Crippen LogP contribution < -0.4 is 0 Å². The molecule has 0 aromatic rings. The fourth-order valence-corrected chi connectivity index (χ4v) is 1.15. The van der Waals surface area contributed by atoms with Crippen LogP contribution in [0.2, 0.25) is 0 Å². The minimum absolute atomic E-state index is 0.397. The van der Waals surface area contributed by atoms with Crippen LogP contribution in [0.25, 0.3) is 0 Å². The van der Waals surface area contributed by atoms with Crippen molar-refractivity contribution in [2.24, 2.45) is 4.99 Å². The van der Waals surface area contributed by atoms with Crippen LogP contribution in [0.15, 0.2) is 4.99 Å². The third kappa shape index (κ3) is 3.33. The molecule has 1 atom stereocenters. The van der Waals surface area contributed by atoms with Gasteiger partial charge in [-0.25, -0.2) is 13.9 Å². The lowest BCUT2D eigenvalue weighted by molar-refractivity contribution is 0.498. The van der Waals surface area contributed by atoms with Gasteiger partial charge in [-0.2, -0.15) is 4.99 Å². The summed E-state index contributed by atoms with van der Waals surface area (Å²) < 4.78 is 20.5. The van der Waals surface area contributed by atoms with E-state index in [9.17, 15) is 13.9 Å². The molecule has 10 heavy (non-hydrogen) atoms. The van der Waals surface area contributed by atoms with Crippen molar-refractivity contribution in [3.8, 4) is 0 Å². The molecule has 1 unspecified atom stereocenters. The minimum atomic E-state index is -2.60. The van der Waals surface area contributed by atoms with E-state index >= 15 is 0 Å². The van der Waals surface area contributed by atoms with E-state index in [1.165, 1.54) is 6.08 Å². The van der Waals surface area contributed by atoms with Gasteiger partial charge in [0.2, 0.25) is 6.08 Å². The summed E-state index contributed by atoms with van der Waals surface area (Å²) >= 11 is 0. The number of hydrogen-bond donors (Lipinski definition) is 0. The molecule has 56 valence electrons. The van der Waals surface area contributed by atoms with Crippen molar-refractivity contribution >= 4 is 13.8 Å². The van der Waals surface area contributed by atoms with Crippen molar-refractivity contribution < 1.29 is 13.9 Å². The van der Waals surface area contributed by atoms with Crippen LogP contribution in [0.5, 0.6) is 0 Å². The molecule has 0 radical (unpaired) electrons. The molecule has 0 N–H and O–H groups in total. The van der Waals surface area contributed by atoms with E-state index in [1.807, 2.05) is 6.92 Å². The molecule has 0 spiro atoms. The maximum atomic E-state index is 10.2. The van der Waals surface area contributed by atoms with Gasteiger partial charge in [0.1, 0.15) is 0 Å². The van der Waals surface area contributed by atoms with Crippen molar-refractivity contribution in [1.82, 2.24) is 0 Å². The van der Waals surface area contributed by atoms with Gasteiger partial charge >= 0.3 is 7.68 Å². The fraction of sp³-hybridized carbons (Fsp3) is 0.800. The highest BCUT2D eigenvalue weighted by atomic mass is 31.1. The Morgan fingerprint density at radius 1 is 1.60 bits per heavy atom. The highest BCUT2D eigenvalue weighted by Crippen LogP contribution is 2.19. The summed E-state index contributed by atoms with van der Waals surface area (Å²) in [5.74, 6) is -0.863. The monoisotopic (exact) mass is 161 g/mol. The Balaban J connectivity index is 4.11. The summed E-state index contributed by atoms with van der Waals surface area (Å²) in [5.41, 5.74) is 0. The molecule has 5 heteroatoms. The van der Waals surface area contributed by atoms with E-state index in [2.05, 4.69) is 4.99 Å². The molecular weight excluding hydrogens is 153 g/mol. The number of aliphatic imine (C=N–C) groups is 1. The van der Waals surface area contributed by atoms with E-state index < -0.39 is 13.5 Å². The zero-order chi connectivity index (χ0) is 7.98. The van der Waals surface area contributed by atoms with E-state index in [-0.39, 0.29) is 0 Å². The SMILES string of the molecule is CCCC(N=C=O)P(=O)=O. The summed E-state index contributed by atoms with van der Waals surface area (Å²) in [6, 6.07) is 0. The molecule has 0 heterocycles. The summed E-state index contributed by atoms with van der Waals surface area (Å²) in [5, 5.41) is 0. The molecule has 0 saturated carbocycles. The van der Waals surface area contributed by atoms with Crippen LogP contribution in [-0.2, 0) is 13.9 Å². The number of rotatable bonds is 4. The van der Waals surface area contributed by atoms with Crippen LogP contribution >= 0.6 is 7.68 Å². The first-order valence-electron chi connectivity index (χ1n) is 2.92. The molecule has 0 aromatic carbocycles. The second-order valence-electron chi connectivity index (χ2n) is 1.78. The summed E-state index contributed by atoms with van der Waals surface area (Å²) in [6.45, 7) is 1.83. The van der Waals surface area contributed by atoms with Gasteiger partial charge in [0.15, 0.2) is 5.78 Å². The zero-order valence-corrected chi connectivity index (χ0v) is 6.51. The largest absolute Gasteiger partial charge is 0.341 e. The molecule has 0 aromatic heterocycles. The van der Waals surface area contributed by atoms with Crippen LogP contribution in [0.4, 0.5) is 0 Å². The molecule has 0 amide bonds. The number of carbonyl (C=O) groups excluding carboxylic acids is 1. The molecule has 0 saturated heterocycles. The van der Waals surface area contributed by atoms with Gasteiger partial charge in [-0.05, 0) is 6.42 Å². The maximum absolute atomic E-state index is 10.2. The van der Waals surface area contributed by atoms with Crippen LogP contribution in [0.1, 0.15) is 19.8 Å². The standard InChI is InChI=1S/C5H8NO3P/c1-2-3-5(6-4-7)10(8)9/h5H,2-3H2,1H3. The topological polar surface area (TPSA) is 63.6 Å². The van der Waals surface area contributed by atoms with Gasteiger partial charge < -0.3 is 0 Å². The van der Waals surface area contributed by atoms with Gasteiger partial charge in [-0.3, -0.25) is 0 Å². The highest BCUT2D eigenvalue weighted by molar-refractivity contribution is 7.31. The first-order valence-corrected chi connectivity index (χ1v) is 4.17. The van der Waals surface area contributed by atoms with E-state index in [1.54, 1.807) is 0 Å². The van der Waals surface area contributed by atoms with Crippen molar-refractivity contribution in [3.63, 3.8) is 0 Å².